The number of hydrogen-bond donors (Lipinski definition) is 2. The molecular formula is C30H47N3O4. The molecule has 0 aromatic heterocycles. The van der Waals surface area contributed by atoms with E-state index in [4.69, 9.17) is 4.74 Å². The Morgan fingerprint density at radius 1 is 1.19 bits per heavy atom. The molecule has 1 saturated carbocycles. The second kappa shape index (κ2) is 14.2. The quantitative estimate of drug-likeness (QED) is 0.317. The molecule has 2 unspecified atom stereocenters. The third-order valence-electron chi connectivity index (χ3n) is 6.49. The van der Waals surface area contributed by atoms with Crippen LogP contribution in [0.4, 0.5) is 4.79 Å². The second-order valence-corrected chi connectivity index (χ2v) is 11.4. The third kappa shape index (κ3) is 9.52. The smallest absolute Gasteiger partial charge is 0.408 e. The number of unbranched alkanes of at least 4 members (excludes halogenated alkanes) is 2. The molecule has 2 N–H and O–H groups in total. The molecule has 1 aliphatic carbocycles. The highest BCUT2D eigenvalue weighted by Crippen LogP contribution is 2.34. The zero-order valence-corrected chi connectivity index (χ0v) is 23.6. The number of alkyl carbamates (subject to hydrolysis) is 1. The van der Waals surface area contributed by atoms with Crippen molar-refractivity contribution in [1.29, 1.82) is 0 Å². The van der Waals surface area contributed by atoms with Crippen molar-refractivity contribution in [2.75, 3.05) is 6.54 Å². The molecule has 3 amide bonds. The molecule has 0 bridgehead atoms. The summed E-state index contributed by atoms with van der Waals surface area (Å²) in [5, 5.41) is 5.89. The molecule has 0 radical (unpaired) electrons. The Morgan fingerprint density at radius 3 is 2.43 bits per heavy atom. The zero-order valence-electron chi connectivity index (χ0n) is 23.6. The lowest BCUT2D eigenvalue weighted by atomic mass is 9.87. The number of rotatable bonds is 13. The Balaban J connectivity index is 2.46. The maximum Gasteiger partial charge on any atom is 0.408 e. The van der Waals surface area contributed by atoms with Crippen LogP contribution in [0.2, 0.25) is 0 Å². The standard InChI is InChI=1S/C30H47N3O4/c1-8-10-11-18-31-27(34)26(23-15-12-14-22(9-2)20-23)33(24-16-13-17-24)28(35)25(19-21(3)4)32-29(36)37-30(5,6)7/h9,12,14-15,20-21,24-26H,2,8,10-11,13,16-19H2,1,3-7H3,(H,31,34)(H,32,36). The molecule has 0 spiro atoms. The van der Waals surface area contributed by atoms with E-state index in [1.807, 2.05) is 38.1 Å². The van der Waals surface area contributed by atoms with Gasteiger partial charge in [0.1, 0.15) is 17.7 Å². The predicted molar refractivity (Wildman–Crippen MR) is 149 cm³/mol. The minimum atomic E-state index is -0.798. The molecule has 37 heavy (non-hydrogen) atoms. The first kappa shape index (κ1) is 30.4. The first-order valence-corrected chi connectivity index (χ1v) is 13.8. The van der Waals surface area contributed by atoms with Crippen LogP contribution in [0.1, 0.15) is 104 Å². The van der Waals surface area contributed by atoms with Crippen LogP contribution >= 0.6 is 0 Å². The Kier molecular flexibility index (Phi) is 11.7. The van der Waals surface area contributed by atoms with Gasteiger partial charge in [-0.2, -0.15) is 0 Å². The lowest BCUT2D eigenvalue weighted by molar-refractivity contribution is -0.147. The number of carbonyl (C=O) groups is 3. The largest absolute Gasteiger partial charge is 0.444 e. The number of benzene rings is 1. The first-order chi connectivity index (χ1) is 17.5. The molecule has 206 valence electrons. The van der Waals surface area contributed by atoms with Crippen LogP contribution in [0.25, 0.3) is 6.08 Å². The molecule has 0 aliphatic heterocycles. The van der Waals surface area contributed by atoms with E-state index in [1.54, 1.807) is 31.7 Å². The number of hydrogen-bond acceptors (Lipinski definition) is 4. The van der Waals surface area contributed by atoms with Gasteiger partial charge in [0.05, 0.1) is 0 Å². The van der Waals surface area contributed by atoms with Gasteiger partial charge in [0.15, 0.2) is 0 Å². The highest BCUT2D eigenvalue weighted by molar-refractivity contribution is 5.92. The second-order valence-electron chi connectivity index (χ2n) is 11.4. The normalized spacial score (nSPS) is 15.3. The molecule has 1 fully saturated rings. The summed E-state index contributed by atoms with van der Waals surface area (Å²) in [4.78, 5) is 42.4. The van der Waals surface area contributed by atoms with Gasteiger partial charge in [0, 0.05) is 12.6 Å². The van der Waals surface area contributed by atoms with E-state index in [2.05, 4.69) is 24.1 Å². The van der Waals surface area contributed by atoms with Gasteiger partial charge in [-0.1, -0.05) is 64.5 Å². The van der Waals surface area contributed by atoms with Crippen LogP contribution in [-0.4, -0.2) is 47.0 Å². The number of amides is 3. The Labute approximate surface area is 223 Å². The minimum absolute atomic E-state index is 0.0682. The highest BCUT2D eigenvalue weighted by atomic mass is 16.6. The van der Waals surface area contributed by atoms with Crippen molar-refractivity contribution < 1.29 is 19.1 Å². The van der Waals surface area contributed by atoms with Gasteiger partial charge in [-0.05, 0) is 76.0 Å². The van der Waals surface area contributed by atoms with E-state index >= 15 is 0 Å². The molecule has 0 heterocycles. The van der Waals surface area contributed by atoms with Gasteiger partial charge in [0.2, 0.25) is 11.8 Å². The van der Waals surface area contributed by atoms with E-state index in [0.29, 0.717) is 13.0 Å². The third-order valence-corrected chi connectivity index (χ3v) is 6.49. The monoisotopic (exact) mass is 513 g/mol. The molecule has 1 aromatic carbocycles. The summed E-state index contributed by atoms with van der Waals surface area (Å²) in [7, 11) is 0. The number of nitrogens with one attached hydrogen (secondary N) is 2. The van der Waals surface area contributed by atoms with Crippen molar-refractivity contribution in [2.24, 2.45) is 5.92 Å². The van der Waals surface area contributed by atoms with Crippen LogP contribution in [0, 0.1) is 5.92 Å². The van der Waals surface area contributed by atoms with Crippen LogP contribution in [0.15, 0.2) is 30.8 Å². The fourth-order valence-corrected chi connectivity index (χ4v) is 4.48. The summed E-state index contributed by atoms with van der Waals surface area (Å²) in [5.74, 6) is -0.294. The van der Waals surface area contributed by atoms with Crippen LogP contribution < -0.4 is 10.6 Å². The molecule has 1 aromatic rings. The van der Waals surface area contributed by atoms with Crippen LogP contribution in [0.5, 0.6) is 0 Å². The van der Waals surface area contributed by atoms with Crippen molar-refractivity contribution in [3.63, 3.8) is 0 Å². The maximum atomic E-state index is 14.2. The lowest BCUT2D eigenvalue weighted by Crippen LogP contribution is -2.57. The fourth-order valence-electron chi connectivity index (χ4n) is 4.48. The van der Waals surface area contributed by atoms with E-state index in [1.165, 1.54) is 0 Å². The number of ether oxygens (including phenoxy) is 1. The molecular weight excluding hydrogens is 466 g/mol. The number of nitrogens with zero attached hydrogens (tertiary/aromatic N) is 1. The zero-order chi connectivity index (χ0) is 27.6. The van der Waals surface area contributed by atoms with Crippen molar-refractivity contribution in [3.05, 3.63) is 42.0 Å². The van der Waals surface area contributed by atoms with Gasteiger partial charge in [-0.3, -0.25) is 9.59 Å². The predicted octanol–water partition coefficient (Wildman–Crippen LogP) is 6.00. The molecule has 1 aliphatic rings. The van der Waals surface area contributed by atoms with E-state index in [9.17, 15) is 14.4 Å². The van der Waals surface area contributed by atoms with Crippen LogP contribution in [0.3, 0.4) is 0 Å². The van der Waals surface area contributed by atoms with Gasteiger partial charge in [-0.25, -0.2) is 4.79 Å². The Bertz CT molecular complexity index is 918. The summed E-state index contributed by atoms with van der Waals surface area (Å²) < 4.78 is 5.47. The van der Waals surface area contributed by atoms with Gasteiger partial charge in [-0.15, -0.1) is 0 Å². The van der Waals surface area contributed by atoms with E-state index < -0.39 is 23.8 Å². The average molecular weight is 514 g/mol. The molecule has 7 nitrogen and oxygen atoms in total. The lowest BCUT2D eigenvalue weighted by Gasteiger charge is -2.44. The summed E-state index contributed by atoms with van der Waals surface area (Å²) in [5.41, 5.74) is 0.939. The Hall–Kier alpha value is -2.83. The summed E-state index contributed by atoms with van der Waals surface area (Å²) in [6, 6.07) is 5.96. The maximum absolute atomic E-state index is 14.2. The minimum Gasteiger partial charge on any atom is -0.444 e. The van der Waals surface area contributed by atoms with Gasteiger partial charge >= 0.3 is 6.09 Å². The fraction of sp³-hybridized carbons (Fsp3) is 0.633. The van der Waals surface area contributed by atoms with Crippen molar-refractivity contribution in [1.82, 2.24) is 15.5 Å². The molecule has 7 heteroatoms. The van der Waals surface area contributed by atoms with E-state index in [0.717, 1.165) is 49.7 Å². The summed E-state index contributed by atoms with van der Waals surface area (Å²) in [6.45, 7) is 15.9. The van der Waals surface area contributed by atoms with Crippen molar-refractivity contribution in [2.45, 2.75) is 110 Å². The van der Waals surface area contributed by atoms with Crippen molar-refractivity contribution >= 4 is 24.0 Å². The molecule has 2 rings (SSSR count). The Morgan fingerprint density at radius 2 is 1.89 bits per heavy atom. The molecule has 2 atom stereocenters. The van der Waals surface area contributed by atoms with Gasteiger partial charge < -0.3 is 20.3 Å². The van der Waals surface area contributed by atoms with Gasteiger partial charge in [0.25, 0.3) is 0 Å². The highest BCUT2D eigenvalue weighted by Gasteiger charge is 2.42. The SMILES string of the molecule is C=Cc1cccc(C(C(=O)NCCCCC)N(C(=O)C(CC(C)C)NC(=O)OC(C)(C)C)C2CCC2)c1. The average Bonchev–Trinajstić information content (AvgIpc) is 2.78. The molecule has 0 saturated heterocycles. The summed E-state index contributed by atoms with van der Waals surface area (Å²) >= 11 is 0. The van der Waals surface area contributed by atoms with E-state index in [-0.39, 0.29) is 23.8 Å². The number of carbonyl (C=O) groups excluding carboxylic acids is 3. The summed E-state index contributed by atoms with van der Waals surface area (Å²) in [6.07, 6.45) is 7.17. The van der Waals surface area contributed by atoms with Crippen LogP contribution in [-0.2, 0) is 14.3 Å². The topological polar surface area (TPSA) is 87.7 Å². The van der Waals surface area contributed by atoms with Crippen molar-refractivity contribution in [3.8, 4) is 0 Å². The first-order valence-electron chi connectivity index (χ1n) is 13.8.